The van der Waals surface area contributed by atoms with Gasteiger partial charge in [-0.3, -0.25) is 4.52 Å². The van der Waals surface area contributed by atoms with Gasteiger partial charge in [0.2, 0.25) is 0 Å². The lowest BCUT2D eigenvalue weighted by molar-refractivity contribution is 0.195. The highest BCUT2D eigenvalue weighted by molar-refractivity contribution is 7.54. The zero-order valence-corrected chi connectivity index (χ0v) is 14.7. The van der Waals surface area contributed by atoms with Gasteiger partial charge in [0.1, 0.15) is 0 Å². The van der Waals surface area contributed by atoms with Crippen LogP contribution in [-0.2, 0) is 10.9 Å². The second-order valence-electron chi connectivity index (χ2n) is 5.39. The van der Waals surface area contributed by atoms with E-state index in [0.717, 1.165) is 38.7 Å². The molecule has 2 N–H and O–H groups in total. The second kappa shape index (κ2) is 8.13. The number of hydrogen-bond donors (Lipinski definition) is 2. The molecule has 1 aliphatic heterocycles. The molecule has 0 unspecified atom stereocenters. The fourth-order valence-electron chi connectivity index (χ4n) is 2.62. The number of rotatable bonds is 8. The van der Waals surface area contributed by atoms with E-state index in [1.54, 1.807) is 0 Å². The Morgan fingerprint density at radius 2 is 1.61 bits per heavy atom. The summed E-state index contributed by atoms with van der Waals surface area (Å²) in [7, 11) is 0.210. The first kappa shape index (κ1) is 18.2. The number of benzene rings is 1. The minimum atomic E-state index is -3.94. The molecule has 1 aliphatic rings. The molecule has 1 aromatic carbocycles. The minimum Gasteiger partial charge on any atom is -0.492 e. The van der Waals surface area contributed by atoms with E-state index in [1.807, 2.05) is 12.1 Å². The smallest absolute Gasteiger partial charge is 0.492 e. The molecule has 23 heavy (non-hydrogen) atoms. The van der Waals surface area contributed by atoms with Crippen molar-refractivity contribution in [2.24, 2.45) is 0 Å². The molecule has 0 bridgehead atoms. The van der Waals surface area contributed by atoms with Gasteiger partial charge in [0.15, 0.2) is 11.5 Å². The van der Waals surface area contributed by atoms with Crippen LogP contribution in [0.2, 0.25) is 0 Å². The fourth-order valence-corrected chi connectivity index (χ4v) is 3.11. The van der Waals surface area contributed by atoms with Crippen molar-refractivity contribution in [3.05, 3.63) is 17.7 Å². The quantitative estimate of drug-likeness (QED) is 0.697. The van der Waals surface area contributed by atoms with E-state index in [0.29, 0.717) is 11.5 Å². The third-order valence-corrected chi connectivity index (χ3v) is 4.78. The topological polar surface area (TPSA) is 80.6 Å². The summed E-state index contributed by atoms with van der Waals surface area (Å²) in [5.41, 5.74) is 1.04. The van der Waals surface area contributed by atoms with Crippen LogP contribution in [0.4, 0.5) is 0 Å². The van der Waals surface area contributed by atoms with Gasteiger partial charge in [-0.15, -0.1) is 4.52 Å². The molecule has 7 nitrogen and oxygen atoms in total. The standard InChI is InChI=1S/C15H25NO6P/c1-19-13-10-12(6-9-16-7-4-5-8-16)11-14(20-2)15(13)22-23(17,18)21-3/h10-11,17-18H,4-9H2,1-3H3/q+1. The Balaban J connectivity index is 2.18. The minimum absolute atomic E-state index is 0.125. The molecule has 0 atom stereocenters. The highest BCUT2D eigenvalue weighted by Gasteiger charge is 2.42. The summed E-state index contributed by atoms with van der Waals surface area (Å²) in [5, 5.41) is 0. The van der Waals surface area contributed by atoms with Crippen molar-refractivity contribution >= 4 is 8.17 Å². The Bertz CT molecular complexity index is 494. The number of ether oxygens (including phenoxy) is 2. The Morgan fingerprint density at radius 1 is 1.04 bits per heavy atom. The normalized spacial score (nSPS) is 15.7. The number of likely N-dealkylation sites (tertiary alicyclic amines) is 1. The van der Waals surface area contributed by atoms with Gasteiger partial charge in [-0.1, -0.05) is 0 Å². The molecule has 0 amide bonds. The van der Waals surface area contributed by atoms with Crippen LogP contribution in [0.1, 0.15) is 18.4 Å². The largest absolute Gasteiger partial charge is 0.616 e. The van der Waals surface area contributed by atoms with Gasteiger partial charge in [-0.05, 0) is 50.0 Å². The average molecular weight is 346 g/mol. The molecule has 0 aromatic heterocycles. The molecule has 0 aliphatic carbocycles. The average Bonchev–Trinajstić information content (AvgIpc) is 3.06. The number of nitrogens with zero attached hydrogens (tertiary/aromatic N) is 1. The predicted octanol–water partition coefficient (Wildman–Crippen LogP) is 2.03. The van der Waals surface area contributed by atoms with Gasteiger partial charge >= 0.3 is 8.17 Å². The first-order valence-corrected chi connectivity index (χ1v) is 9.09. The SMILES string of the molecule is COc1cc(CCN2CCCC2)cc(OC)c1O[P+](O)(O)OC. The number of methoxy groups -OCH3 is 2. The maximum Gasteiger partial charge on any atom is 0.616 e. The molecule has 130 valence electrons. The molecule has 1 saturated heterocycles. The molecule has 1 aromatic rings. The molecule has 2 rings (SSSR count). The second-order valence-corrected chi connectivity index (χ2v) is 6.92. The van der Waals surface area contributed by atoms with Crippen LogP contribution >= 0.6 is 8.17 Å². The van der Waals surface area contributed by atoms with Crippen molar-refractivity contribution in [2.75, 3.05) is 41.0 Å². The summed E-state index contributed by atoms with van der Waals surface area (Å²) < 4.78 is 20.4. The van der Waals surface area contributed by atoms with Crippen molar-refractivity contribution < 1.29 is 28.3 Å². The highest BCUT2D eigenvalue weighted by atomic mass is 31.2. The van der Waals surface area contributed by atoms with Gasteiger partial charge in [0.05, 0.1) is 21.3 Å². The Morgan fingerprint density at radius 3 is 2.09 bits per heavy atom. The maximum atomic E-state index is 9.64. The van der Waals surface area contributed by atoms with Crippen molar-refractivity contribution in [1.82, 2.24) is 4.90 Å². The lowest BCUT2D eigenvalue weighted by Gasteiger charge is -2.17. The van der Waals surface area contributed by atoms with Crippen molar-refractivity contribution in [3.63, 3.8) is 0 Å². The zero-order valence-electron chi connectivity index (χ0n) is 13.8. The van der Waals surface area contributed by atoms with Crippen LogP contribution in [0.15, 0.2) is 12.1 Å². The van der Waals surface area contributed by atoms with E-state index in [-0.39, 0.29) is 5.75 Å². The van der Waals surface area contributed by atoms with Crippen LogP contribution in [0.25, 0.3) is 0 Å². The van der Waals surface area contributed by atoms with E-state index in [9.17, 15) is 9.79 Å². The van der Waals surface area contributed by atoms with Crippen LogP contribution in [0.3, 0.4) is 0 Å². The van der Waals surface area contributed by atoms with Gasteiger partial charge in [-0.25, -0.2) is 0 Å². The zero-order chi connectivity index (χ0) is 16.9. The molecule has 1 fully saturated rings. The Hall–Kier alpha value is -1.11. The fraction of sp³-hybridized carbons (Fsp3) is 0.600. The highest BCUT2D eigenvalue weighted by Crippen LogP contribution is 2.55. The van der Waals surface area contributed by atoms with Crippen molar-refractivity contribution in [3.8, 4) is 17.2 Å². The van der Waals surface area contributed by atoms with Gasteiger partial charge in [0.25, 0.3) is 5.75 Å². The van der Waals surface area contributed by atoms with E-state index in [1.165, 1.54) is 27.1 Å². The molecule has 0 saturated carbocycles. The van der Waals surface area contributed by atoms with Crippen LogP contribution in [0, 0.1) is 0 Å². The molecule has 0 radical (unpaired) electrons. The molecule has 0 spiro atoms. The third-order valence-electron chi connectivity index (χ3n) is 3.88. The van der Waals surface area contributed by atoms with E-state index in [4.69, 9.17) is 14.0 Å². The van der Waals surface area contributed by atoms with Crippen LogP contribution < -0.4 is 14.0 Å². The lowest BCUT2D eigenvalue weighted by atomic mass is 10.1. The summed E-state index contributed by atoms with van der Waals surface area (Å²) in [6.07, 6.45) is 3.38. The molecular weight excluding hydrogens is 321 g/mol. The molecular formula is C15H25NO6P+. The summed E-state index contributed by atoms with van der Waals surface area (Å²) in [6, 6.07) is 3.65. The van der Waals surface area contributed by atoms with Crippen LogP contribution in [0.5, 0.6) is 17.2 Å². The molecule has 1 heterocycles. The van der Waals surface area contributed by atoms with E-state index >= 15 is 0 Å². The summed E-state index contributed by atoms with van der Waals surface area (Å²) in [4.78, 5) is 21.7. The number of hydrogen-bond acceptors (Lipinski definition) is 7. The van der Waals surface area contributed by atoms with Gasteiger partial charge < -0.3 is 14.4 Å². The monoisotopic (exact) mass is 346 g/mol. The predicted molar refractivity (Wildman–Crippen MR) is 87.9 cm³/mol. The van der Waals surface area contributed by atoms with Gasteiger partial charge in [0, 0.05) is 6.54 Å². The van der Waals surface area contributed by atoms with Gasteiger partial charge in [-0.2, -0.15) is 9.79 Å². The van der Waals surface area contributed by atoms with E-state index in [2.05, 4.69) is 9.42 Å². The summed E-state index contributed by atoms with van der Waals surface area (Å²) in [5.74, 6) is 0.885. The molecule has 8 heteroatoms. The van der Waals surface area contributed by atoms with Crippen molar-refractivity contribution in [1.29, 1.82) is 0 Å². The van der Waals surface area contributed by atoms with Crippen molar-refractivity contribution in [2.45, 2.75) is 19.3 Å². The summed E-state index contributed by atoms with van der Waals surface area (Å²) >= 11 is 0. The maximum absolute atomic E-state index is 9.64. The third kappa shape index (κ3) is 4.93. The Labute approximate surface area is 137 Å². The summed E-state index contributed by atoms with van der Waals surface area (Å²) in [6.45, 7) is 3.26. The van der Waals surface area contributed by atoms with Crippen LogP contribution in [-0.4, -0.2) is 55.7 Å². The Kier molecular flexibility index (Phi) is 6.44. The lowest BCUT2D eigenvalue weighted by Crippen LogP contribution is -2.21. The first-order valence-electron chi connectivity index (χ1n) is 7.56. The first-order chi connectivity index (χ1) is 11.0. The van der Waals surface area contributed by atoms with E-state index < -0.39 is 8.17 Å².